The fraction of sp³-hybridized carbons (Fsp3) is 0.111. The average molecular weight is 135 g/mol. The Morgan fingerprint density at radius 3 is 1.30 bits per heavy atom. The second kappa shape index (κ2) is 7.76. The van der Waals surface area contributed by atoms with Gasteiger partial charge in [-0.1, -0.05) is 43.0 Å². The summed E-state index contributed by atoms with van der Waals surface area (Å²) in [6.07, 6.45) is 1.62. The van der Waals surface area contributed by atoms with Crippen LogP contribution < -0.4 is 5.32 Å². The molecule has 1 heteroatoms. The fourth-order valence-electron chi connectivity index (χ4n) is 0.385. The molecule has 10 heavy (non-hydrogen) atoms. The second-order valence-corrected chi connectivity index (χ2v) is 1.65. The molecule has 0 aliphatic rings. The Kier molecular flexibility index (Phi) is 6.80. The van der Waals surface area contributed by atoms with Crippen molar-refractivity contribution in [2.45, 2.75) is 0 Å². The molecular weight excluding hydrogens is 122 g/mol. The Morgan fingerprint density at radius 2 is 1.20 bits per heavy atom. The summed E-state index contributed by atoms with van der Waals surface area (Å²) in [6, 6.07) is 12.0. The lowest BCUT2D eigenvalue weighted by Crippen LogP contribution is -1.87. The standard InChI is InChI=1S/C6H6.C3H7N/c1-2-4-6-5-3-1;1-3-4-2/h1-6H;3-4H,1H2,2H3. The number of hydrogen-bond donors (Lipinski definition) is 1. The maximum Gasteiger partial charge on any atom is 0.00275 e. The van der Waals surface area contributed by atoms with E-state index in [1.165, 1.54) is 0 Å². The molecule has 0 saturated heterocycles. The van der Waals surface area contributed by atoms with Gasteiger partial charge in [-0.25, -0.2) is 0 Å². The normalized spacial score (nSPS) is 6.90. The van der Waals surface area contributed by atoms with E-state index in [1.54, 1.807) is 6.20 Å². The zero-order valence-electron chi connectivity index (χ0n) is 6.25. The Morgan fingerprint density at radius 1 is 1.00 bits per heavy atom. The van der Waals surface area contributed by atoms with Crippen LogP contribution in [0.1, 0.15) is 0 Å². The van der Waals surface area contributed by atoms with Crippen LogP contribution in [0.5, 0.6) is 0 Å². The van der Waals surface area contributed by atoms with Crippen LogP contribution in [0.2, 0.25) is 0 Å². The largest absolute Gasteiger partial charge is 0.394 e. The zero-order valence-corrected chi connectivity index (χ0v) is 6.25. The lowest BCUT2D eigenvalue weighted by atomic mass is 10.4. The highest BCUT2D eigenvalue weighted by molar-refractivity contribution is 4.99. The second-order valence-electron chi connectivity index (χ2n) is 1.65. The molecular formula is C9H13N. The third-order valence-electron chi connectivity index (χ3n) is 0.871. The molecule has 0 spiro atoms. The van der Waals surface area contributed by atoms with Gasteiger partial charge in [0.25, 0.3) is 0 Å². The molecule has 54 valence electrons. The molecule has 0 radical (unpaired) electrons. The van der Waals surface area contributed by atoms with Gasteiger partial charge in [-0.3, -0.25) is 0 Å². The molecule has 0 heterocycles. The van der Waals surface area contributed by atoms with Gasteiger partial charge in [0.1, 0.15) is 0 Å². The number of nitrogens with one attached hydrogen (secondary N) is 1. The van der Waals surface area contributed by atoms with Crippen molar-refractivity contribution < 1.29 is 0 Å². The quantitative estimate of drug-likeness (QED) is 0.621. The lowest BCUT2D eigenvalue weighted by Gasteiger charge is -1.70. The van der Waals surface area contributed by atoms with E-state index in [0.29, 0.717) is 0 Å². The van der Waals surface area contributed by atoms with Crippen LogP contribution in [0.25, 0.3) is 0 Å². The summed E-state index contributed by atoms with van der Waals surface area (Å²) in [5.41, 5.74) is 0. The van der Waals surface area contributed by atoms with E-state index < -0.39 is 0 Å². The fourth-order valence-corrected chi connectivity index (χ4v) is 0.385. The smallest absolute Gasteiger partial charge is 0.00275 e. The maximum atomic E-state index is 3.37. The van der Waals surface area contributed by atoms with Gasteiger partial charge in [0.15, 0.2) is 0 Å². The first-order chi connectivity index (χ1) is 4.91. The van der Waals surface area contributed by atoms with Crippen LogP contribution in [0, 0.1) is 0 Å². The van der Waals surface area contributed by atoms with E-state index in [1.807, 2.05) is 43.4 Å². The highest BCUT2D eigenvalue weighted by atomic mass is 14.8. The molecule has 0 fully saturated rings. The van der Waals surface area contributed by atoms with Crippen molar-refractivity contribution in [2.24, 2.45) is 0 Å². The molecule has 0 aromatic heterocycles. The van der Waals surface area contributed by atoms with Gasteiger partial charge in [-0.05, 0) is 6.20 Å². The SMILES string of the molecule is C=CNC.c1ccccc1. The molecule has 0 bridgehead atoms. The minimum absolute atomic E-state index is 1.62. The summed E-state index contributed by atoms with van der Waals surface area (Å²) in [6.45, 7) is 3.37. The highest BCUT2D eigenvalue weighted by Gasteiger charge is 1.57. The number of benzene rings is 1. The van der Waals surface area contributed by atoms with Crippen LogP contribution in [0.15, 0.2) is 49.2 Å². The van der Waals surface area contributed by atoms with E-state index in [0.717, 1.165) is 0 Å². The van der Waals surface area contributed by atoms with E-state index in [2.05, 4.69) is 11.9 Å². The Hall–Kier alpha value is -1.24. The van der Waals surface area contributed by atoms with Crippen molar-refractivity contribution in [1.29, 1.82) is 0 Å². The third kappa shape index (κ3) is 6.76. The minimum Gasteiger partial charge on any atom is -0.394 e. The van der Waals surface area contributed by atoms with E-state index in [4.69, 9.17) is 0 Å². The van der Waals surface area contributed by atoms with E-state index in [9.17, 15) is 0 Å². The van der Waals surface area contributed by atoms with Crippen LogP contribution in [-0.4, -0.2) is 7.05 Å². The van der Waals surface area contributed by atoms with Crippen LogP contribution >= 0.6 is 0 Å². The average Bonchev–Trinajstić information content (AvgIpc) is 2.08. The Bertz CT molecular complexity index is 119. The maximum absolute atomic E-state index is 3.37. The number of hydrogen-bond acceptors (Lipinski definition) is 1. The van der Waals surface area contributed by atoms with Crippen LogP contribution in [0.3, 0.4) is 0 Å². The van der Waals surface area contributed by atoms with Gasteiger partial charge in [-0.15, -0.1) is 0 Å². The first kappa shape index (κ1) is 8.76. The summed E-state index contributed by atoms with van der Waals surface area (Å²) in [5, 5.41) is 2.69. The summed E-state index contributed by atoms with van der Waals surface area (Å²) in [5.74, 6) is 0. The molecule has 0 aliphatic carbocycles. The molecule has 0 amide bonds. The first-order valence-corrected chi connectivity index (χ1v) is 3.20. The van der Waals surface area contributed by atoms with E-state index in [-0.39, 0.29) is 0 Å². The van der Waals surface area contributed by atoms with Crippen LogP contribution in [0.4, 0.5) is 0 Å². The van der Waals surface area contributed by atoms with Gasteiger partial charge in [0.2, 0.25) is 0 Å². The van der Waals surface area contributed by atoms with Crippen molar-refractivity contribution in [3.05, 3.63) is 49.2 Å². The molecule has 1 rings (SSSR count). The highest BCUT2D eigenvalue weighted by Crippen LogP contribution is 1.79. The molecule has 0 saturated carbocycles. The molecule has 0 unspecified atom stereocenters. The third-order valence-corrected chi connectivity index (χ3v) is 0.871. The number of rotatable bonds is 1. The van der Waals surface area contributed by atoms with Gasteiger partial charge in [0.05, 0.1) is 0 Å². The molecule has 1 nitrogen and oxygen atoms in total. The van der Waals surface area contributed by atoms with Crippen molar-refractivity contribution in [3.63, 3.8) is 0 Å². The predicted molar refractivity (Wildman–Crippen MR) is 45.7 cm³/mol. The predicted octanol–water partition coefficient (Wildman–Crippen LogP) is 2.04. The summed E-state index contributed by atoms with van der Waals surface area (Å²) < 4.78 is 0. The molecule has 0 aliphatic heterocycles. The van der Waals surface area contributed by atoms with Crippen molar-refractivity contribution in [2.75, 3.05) is 7.05 Å². The Balaban J connectivity index is 0.000000180. The van der Waals surface area contributed by atoms with Gasteiger partial charge < -0.3 is 5.32 Å². The molecule has 0 atom stereocenters. The zero-order chi connectivity index (χ0) is 7.66. The van der Waals surface area contributed by atoms with Gasteiger partial charge in [0, 0.05) is 7.05 Å². The van der Waals surface area contributed by atoms with Gasteiger partial charge >= 0.3 is 0 Å². The van der Waals surface area contributed by atoms with Crippen molar-refractivity contribution in [3.8, 4) is 0 Å². The Labute approximate surface area is 62.4 Å². The van der Waals surface area contributed by atoms with Crippen LogP contribution in [-0.2, 0) is 0 Å². The lowest BCUT2D eigenvalue weighted by molar-refractivity contribution is 1.11. The summed E-state index contributed by atoms with van der Waals surface area (Å²) >= 11 is 0. The molecule has 1 aromatic rings. The monoisotopic (exact) mass is 135 g/mol. The van der Waals surface area contributed by atoms with E-state index >= 15 is 0 Å². The molecule has 1 aromatic carbocycles. The summed E-state index contributed by atoms with van der Waals surface area (Å²) in [4.78, 5) is 0. The first-order valence-electron chi connectivity index (χ1n) is 3.20. The molecule has 1 N–H and O–H groups in total. The minimum atomic E-state index is 1.62. The van der Waals surface area contributed by atoms with Crippen molar-refractivity contribution in [1.82, 2.24) is 5.32 Å². The topological polar surface area (TPSA) is 12.0 Å². The van der Waals surface area contributed by atoms with Gasteiger partial charge in [-0.2, -0.15) is 0 Å². The van der Waals surface area contributed by atoms with Crippen molar-refractivity contribution >= 4 is 0 Å². The summed E-state index contributed by atoms with van der Waals surface area (Å²) in [7, 11) is 1.81.